The van der Waals surface area contributed by atoms with Crippen molar-refractivity contribution in [2.24, 2.45) is 5.73 Å². The normalized spacial score (nSPS) is 11.8. The maximum atomic E-state index is 11.0. The van der Waals surface area contributed by atoms with Gasteiger partial charge in [-0.15, -0.1) is 0 Å². The predicted octanol–water partition coefficient (Wildman–Crippen LogP) is 0.797. The van der Waals surface area contributed by atoms with E-state index in [0.717, 1.165) is 0 Å². The van der Waals surface area contributed by atoms with E-state index in [9.17, 15) is 4.79 Å². The molecule has 0 aliphatic rings. The fourth-order valence-electron chi connectivity index (χ4n) is 1.53. The van der Waals surface area contributed by atoms with Gasteiger partial charge in [0.05, 0.1) is 26.9 Å². The van der Waals surface area contributed by atoms with E-state index in [1.165, 1.54) is 21.3 Å². The van der Waals surface area contributed by atoms with Crippen LogP contribution in [-0.2, 0) is 4.79 Å². The summed E-state index contributed by atoms with van der Waals surface area (Å²) in [6.07, 6.45) is 0. The molecular weight excluding hydrogens is 226 g/mol. The summed E-state index contributed by atoms with van der Waals surface area (Å²) in [6.45, 7) is 0. The van der Waals surface area contributed by atoms with Gasteiger partial charge in [0, 0.05) is 0 Å². The first kappa shape index (κ1) is 13.1. The van der Waals surface area contributed by atoms with E-state index in [1.54, 1.807) is 12.1 Å². The van der Waals surface area contributed by atoms with Crippen LogP contribution in [0.4, 0.5) is 0 Å². The lowest BCUT2D eigenvalue weighted by atomic mass is 10.0. The summed E-state index contributed by atoms with van der Waals surface area (Å²) in [4.78, 5) is 11.0. The molecule has 0 amide bonds. The summed E-state index contributed by atoms with van der Waals surface area (Å²) in [5, 5.41) is 8.96. The van der Waals surface area contributed by atoms with Gasteiger partial charge in [0.25, 0.3) is 0 Å². The summed E-state index contributed by atoms with van der Waals surface area (Å²) >= 11 is 0. The van der Waals surface area contributed by atoms with Gasteiger partial charge in [-0.3, -0.25) is 4.79 Å². The fourth-order valence-corrected chi connectivity index (χ4v) is 1.53. The number of carboxylic acids is 1. The van der Waals surface area contributed by atoms with Crippen molar-refractivity contribution in [1.29, 1.82) is 0 Å². The molecule has 6 nitrogen and oxygen atoms in total. The second-order valence-corrected chi connectivity index (χ2v) is 3.23. The van der Waals surface area contributed by atoms with E-state index in [0.29, 0.717) is 11.5 Å². The van der Waals surface area contributed by atoms with Crippen molar-refractivity contribution in [2.75, 3.05) is 21.3 Å². The van der Waals surface area contributed by atoms with Gasteiger partial charge in [0.2, 0.25) is 0 Å². The van der Waals surface area contributed by atoms with Gasteiger partial charge in [-0.25, -0.2) is 0 Å². The van der Waals surface area contributed by atoms with Gasteiger partial charge < -0.3 is 25.1 Å². The van der Waals surface area contributed by atoms with Gasteiger partial charge in [-0.1, -0.05) is 0 Å². The molecule has 0 fully saturated rings. The minimum absolute atomic E-state index is 0.252. The highest BCUT2D eigenvalue weighted by Gasteiger charge is 2.26. The molecule has 1 atom stereocenters. The number of hydrogen-bond donors (Lipinski definition) is 2. The molecule has 1 aromatic carbocycles. The SMILES string of the molecule is COc1ccc(OC)c(C(N)C(=O)O)c1OC. The van der Waals surface area contributed by atoms with Crippen molar-refractivity contribution < 1.29 is 24.1 Å². The third kappa shape index (κ3) is 2.42. The summed E-state index contributed by atoms with van der Waals surface area (Å²) in [5.74, 6) is -0.158. The van der Waals surface area contributed by atoms with Crippen LogP contribution in [0.15, 0.2) is 12.1 Å². The van der Waals surface area contributed by atoms with Crippen molar-refractivity contribution in [2.45, 2.75) is 6.04 Å². The lowest BCUT2D eigenvalue weighted by Gasteiger charge is -2.18. The summed E-state index contributed by atoms with van der Waals surface area (Å²) in [6, 6.07) is 1.96. The molecule has 0 aliphatic heterocycles. The first-order chi connectivity index (χ1) is 8.06. The number of rotatable bonds is 5. The minimum atomic E-state index is -1.24. The fraction of sp³-hybridized carbons (Fsp3) is 0.364. The van der Waals surface area contributed by atoms with Crippen LogP contribution in [0.25, 0.3) is 0 Å². The average Bonchev–Trinajstić information content (AvgIpc) is 2.35. The summed E-state index contributed by atoms with van der Waals surface area (Å²) < 4.78 is 15.3. The molecule has 17 heavy (non-hydrogen) atoms. The summed E-state index contributed by atoms with van der Waals surface area (Å²) in [5.41, 5.74) is 5.85. The first-order valence-electron chi connectivity index (χ1n) is 4.84. The Morgan fingerprint density at radius 1 is 1.18 bits per heavy atom. The second kappa shape index (κ2) is 5.40. The molecule has 0 saturated heterocycles. The quantitative estimate of drug-likeness (QED) is 0.792. The number of carbonyl (C=O) groups is 1. The van der Waals surface area contributed by atoms with Crippen LogP contribution in [0.5, 0.6) is 17.2 Å². The molecule has 6 heteroatoms. The molecule has 0 spiro atoms. The zero-order valence-electron chi connectivity index (χ0n) is 9.89. The standard InChI is InChI=1S/C11H15NO5/c1-15-6-4-5-7(16-2)10(17-3)8(6)9(12)11(13)14/h4-5,9H,12H2,1-3H3,(H,13,14). The number of benzene rings is 1. The van der Waals surface area contributed by atoms with E-state index in [1.807, 2.05) is 0 Å². The van der Waals surface area contributed by atoms with Crippen LogP contribution in [0.3, 0.4) is 0 Å². The molecular formula is C11H15NO5. The zero-order chi connectivity index (χ0) is 13.0. The molecule has 1 unspecified atom stereocenters. The van der Waals surface area contributed by atoms with E-state index >= 15 is 0 Å². The van der Waals surface area contributed by atoms with Crippen LogP contribution in [0.1, 0.15) is 11.6 Å². The maximum Gasteiger partial charge on any atom is 0.325 e. The summed E-state index contributed by atoms with van der Waals surface area (Å²) in [7, 11) is 4.30. The molecule has 0 heterocycles. The molecule has 0 aromatic heterocycles. The molecule has 1 aromatic rings. The Bertz CT molecular complexity index is 419. The molecule has 0 saturated carbocycles. The predicted molar refractivity (Wildman–Crippen MR) is 60.7 cm³/mol. The van der Waals surface area contributed by atoms with Crippen LogP contribution < -0.4 is 19.9 Å². The van der Waals surface area contributed by atoms with Crippen LogP contribution in [-0.4, -0.2) is 32.4 Å². The highest BCUT2D eigenvalue weighted by Crippen LogP contribution is 2.40. The molecule has 0 bridgehead atoms. The van der Waals surface area contributed by atoms with Crippen LogP contribution in [0.2, 0.25) is 0 Å². The number of aliphatic carboxylic acids is 1. The smallest absolute Gasteiger partial charge is 0.325 e. The molecule has 0 aliphatic carbocycles. The number of ether oxygens (including phenoxy) is 3. The number of carboxylic acid groups (broad SMARTS) is 1. The lowest BCUT2D eigenvalue weighted by Crippen LogP contribution is -2.22. The Hall–Kier alpha value is -1.95. The third-order valence-electron chi connectivity index (χ3n) is 2.34. The van der Waals surface area contributed by atoms with Gasteiger partial charge >= 0.3 is 5.97 Å². The van der Waals surface area contributed by atoms with Crippen molar-refractivity contribution in [3.05, 3.63) is 17.7 Å². The highest BCUT2D eigenvalue weighted by molar-refractivity contribution is 5.78. The molecule has 3 N–H and O–H groups in total. The highest BCUT2D eigenvalue weighted by atomic mass is 16.5. The van der Waals surface area contributed by atoms with Gasteiger partial charge in [-0.2, -0.15) is 0 Å². The van der Waals surface area contributed by atoms with Crippen LogP contribution in [0, 0.1) is 0 Å². The monoisotopic (exact) mass is 241 g/mol. The third-order valence-corrected chi connectivity index (χ3v) is 2.34. The Morgan fingerprint density at radius 3 is 2.12 bits per heavy atom. The van der Waals surface area contributed by atoms with Crippen molar-refractivity contribution in [3.63, 3.8) is 0 Å². The zero-order valence-corrected chi connectivity index (χ0v) is 9.89. The molecule has 0 radical (unpaired) electrons. The lowest BCUT2D eigenvalue weighted by molar-refractivity contribution is -0.138. The van der Waals surface area contributed by atoms with Crippen molar-refractivity contribution >= 4 is 5.97 Å². The number of methoxy groups -OCH3 is 3. The largest absolute Gasteiger partial charge is 0.496 e. The van der Waals surface area contributed by atoms with E-state index in [4.69, 9.17) is 25.1 Å². The number of nitrogens with two attached hydrogens (primary N) is 1. The van der Waals surface area contributed by atoms with E-state index in [2.05, 4.69) is 0 Å². The Morgan fingerprint density at radius 2 is 1.71 bits per heavy atom. The van der Waals surface area contributed by atoms with Crippen LogP contribution >= 0.6 is 0 Å². The maximum absolute atomic E-state index is 11.0. The average molecular weight is 241 g/mol. The van der Waals surface area contributed by atoms with Gasteiger partial charge in [0.15, 0.2) is 11.5 Å². The first-order valence-corrected chi connectivity index (χ1v) is 4.84. The van der Waals surface area contributed by atoms with E-state index < -0.39 is 12.0 Å². The van der Waals surface area contributed by atoms with Gasteiger partial charge in [-0.05, 0) is 12.1 Å². The Balaban J connectivity index is 3.44. The minimum Gasteiger partial charge on any atom is -0.496 e. The van der Waals surface area contributed by atoms with Crippen molar-refractivity contribution in [1.82, 2.24) is 0 Å². The second-order valence-electron chi connectivity index (χ2n) is 3.23. The molecule has 1 rings (SSSR count). The number of hydrogen-bond acceptors (Lipinski definition) is 5. The Labute approximate surface area is 98.9 Å². The van der Waals surface area contributed by atoms with Gasteiger partial charge in [0.1, 0.15) is 11.8 Å². The Kier molecular flexibility index (Phi) is 4.17. The van der Waals surface area contributed by atoms with Crippen molar-refractivity contribution in [3.8, 4) is 17.2 Å². The topological polar surface area (TPSA) is 91.0 Å². The van der Waals surface area contributed by atoms with E-state index in [-0.39, 0.29) is 11.3 Å². The molecule has 94 valence electrons.